The number of nitrogens with zero attached hydrogens (tertiary/aromatic N) is 5. The Labute approximate surface area is 170 Å². The van der Waals surface area contributed by atoms with E-state index in [-0.39, 0.29) is 5.91 Å². The molecule has 0 aromatic carbocycles. The number of imidazole rings is 1. The van der Waals surface area contributed by atoms with Crippen molar-refractivity contribution in [2.45, 2.75) is 38.8 Å². The van der Waals surface area contributed by atoms with Crippen molar-refractivity contribution >= 4 is 11.7 Å². The predicted molar refractivity (Wildman–Crippen MR) is 112 cm³/mol. The summed E-state index contributed by atoms with van der Waals surface area (Å²) in [6.07, 6.45) is 9.71. The highest BCUT2D eigenvalue weighted by molar-refractivity contribution is 5.72. The van der Waals surface area contributed by atoms with Crippen LogP contribution in [0.1, 0.15) is 42.8 Å². The molecule has 7 nitrogen and oxygen atoms in total. The molecule has 0 atom stereocenters. The Kier molecular flexibility index (Phi) is 5.84. The van der Waals surface area contributed by atoms with Crippen molar-refractivity contribution in [1.82, 2.24) is 24.8 Å². The van der Waals surface area contributed by atoms with Crippen LogP contribution >= 0.6 is 0 Å². The molecule has 1 aliphatic heterocycles. The van der Waals surface area contributed by atoms with E-state index in [1.807, 2.05) is 55.1 Å². The van der Waals surface area contributed by atoms with Gasteiger partial charge in [-0.2, -0.15) is 0 Å². The fraction of sp³-hybridized carbons (Fsp3) is 0.364. The van der Waals surface area contributed by atoms with Crippen LogP contribution in [-0.4, -0.2) is 38.5 Å². The number of carbonyl (C=O) groups is 1. The molecule has 0 aliphatic carbocycles. The van der Waals surface area contributed by atoms with Gasteiger partial charge in [0, 0.05) is 57.3 Å². The minimum atomic E-state index is -0.0300. The van der Waals surface area contributed by atoms with Gasteiger partial charge in [0.15, 0.2) is 0 Å². The van der Waals surface area contributed by atoms with Crippen molar-refractivity contribution in [3.05, 3.63) is 72.2 Å². The van der Waals surface area contributed by atoms with Gasteiger partial charge in [-0.25, -0.2) is 9.97 Å². The molecule has 150 valence electrons. The van der Waals surface area contributed by atoms with E-state index in [4.69, 9.17) is 0 Å². The Hall–Kier alpha value is -3.22. The van der Waals surface area contributed by atoms with Gasteiger partial charge in [-0.05, 0) is 36.6 Å². The lowest BCUT2D eigenvalue weighted by Gasteiger charge is -2.32. The molecule has 3 aromatic heterocycles. The molecule has 1 saturated heterocycles. The summed E-state index contributed by atoms with van der Waals surface area (Å²) in [4.78, 5) is 27.0. The zero-order valence-electron chi connectivity index (χ0n) is 16.7. The zero-order chi connectivity index (χ0) is 20.1. The molecule has 7 heteroatoms. The van der Waals surface area contributed by atoms with Crippen molar-refractivity contribution in [2.75, 3.05) is 18.0 Å². The number of amides is 1. The summed E-state index contributed by atoms with van der Waals surface area (Å²) in [5, 5.41) is 2.80. The van der Waals surface area contributed by atoms with Crippen molar-refractivity contribution in [3.8, 4) is 0 Å². The lowest BCUT2D eigenvalue weighted by Crippen LogP contribution is -2.34. The van der Waals surface area contributed by atoms with Crippen LogP contribution in [-0.2, 0) is 17.9 Å². The van der Waals surface area contributed by atoms with Crippen molar-refractivity contribution in [2.24, 2.45) is 0 Å². The van der Waals surface area contributed by atoms with Gasteiger partial charge in [-0.3, -0.25) is 9.78 Å². The molecule has 4 rings (SSSR count). The van der Waals surface area contributed by atoms with E-state index in [0.717, 1.165) is 55.4 Å². The monoisotopic (exact) mass is 390 g/mol. The number of pyridine rings is 2. The largest absolute Gasteiger partial charge is 0.357 e. The molecule has 29 heavy (non-hydrogen) atoms. The molecule has 0 unspecified atom stereocenters. The molecule has 1 amide bonds. The van der Waals surface area contributed by atoms with Crippen LogP contribution in [0.3, 0.4) is 0 Å². The third-order valence-electron chi connectivity index (χ3n) is 5.34. The summed E-state index contributed by atoms with van der Waals surface area (Å²) in [5.41, 5.74) is 2.06. The van der Waals surface area contributed by atoms with Crippen molar-refractivity contribution in [3.63, 3.8) is 0 Å². The van der Waals surface area contributed by atoms with Crippen LogP contribution in [0.15, 0.2) is 55.1 Å². The van der Waals surface area contributed by atoms with Crippen LogP contribution in [0.5, 0.6) is 0 Å². The molecule has 1 N–H and O–H groups in total. The first-order valence-electron chi connectivity index (χ1n) is 10.0. The third-order valence-corrected chi connectivity index (χ3v) is 5.34. The summed E-state index contributed by atoms with van der Waals surface area (Å²) in [5.74, 6) is 2.56. The topological polar surface area (TPSA) is 75.9 Å². The van der Waals surface area contributed by atoms with Gasteiger partial charge < -0.3 is 14.8 Å². The fourth-order valence-corrected chi connectivity index (χ4v) is 3.78. The molecule has 0 radical (unpaired) electrons. The standard InChI is InChI=1S/C22H26N6O/c1-17(29)25-14-18-5-6-21(26-15-18)27-11-7-19(8-12-27)22-24-10-13-28(22)16-20-4-2-3-9-23-20/h2-6,9-10,13,15,19H,7-8,11-12,14,16H2,1H3,(H,25,29). The Morgan fingerprint density at radius 1 is 1.10 bits per heavy atom. The highest BCUT2D eigenvalue weighted by Crippen LogP contribution is 2.29. The van der Waals surface area contributed by atoms with E-state index < -0.39 is 0 Å². The number of aromatic nitrogens is 4. The second-order valence-electron chi connectivity index (χ2n) is 7.43. The van der Waals surface area contributed by atoms with Gasteiger partial charge in [0.2, 0.25) is 5.91 Å². The van der Waals surface area contributed by atoms with Crippen LogP contribution in [0.2, 0.25) is 0 Å². The number of anilines is 1. The Balaban J connectivity index is 1.35. The van der Waals surface area contributed by atoms with Crippen LogP contribution in [0.4, 0.5) is 5.82 Å². The first-order chi connectivity index (χ1) is 14.2. The van der Waals surface area contributed by atoms with E-state index >= 15 is 0 Å². The molecule has 0 saturated carbocycles. The minimum absolute atomic E-state index is 0.0300. The summed E-state index contributed by atoms with van der Waals surface area (Å²) < 4.78 is 2.22. The SMILES string of the molecule is CC(=O)NCc1ccc(N2CCC(c3nccn3Cc3ccccn3)CC2)nc1. The fourth-order valence-electron chi connectivity index (χ4n) is 3.78. The van der Waals surface area contributed by atoms with Gasteiger partial charge in [0.05, 0.1) is 12.2 Å². The number of hydrogen-bond donors (Lipinski definition) is 1. The van der Waals surface area contributed by atoms with Gasteiger partial charge in [0.25, 0.3) is 0 Å². The third kappa shape index (κ3) is 4.80. The highest BCUT2D eigenvalue weighted by Gasteiger charge is 2.24. The summed E-state index contributed by atoms with van der Waals surface area (Å²) in [6.45, 7) is 4.71. The highest BCUT2D eigenvalue weighted by atomic mass is 16.1. The second kappa shape index (κ2) is 8.86. The van der Waals surface area contributed by atoms with E-state index in [2.05, 4.69) is 29.7 Å². The number of carbonyl (C=O) groups excluding carboxylic acids is 1. The van der Waals surface area contributed by atoms with Crippen LogP contribution < -0.4 is 10.2 Å². The average Bonchev–Trinajstić information content (AvgIpc) is 3.21. The van der Waals surface area contributed by atoms with Crippen LogP contribution in [0.25, 0.3) is 0 Å². The molecule has 1 aliphatic rings. The predicted octanol–water partition coefficient (Wildman–Crippen LogP) is 2.74. The van der Waals surface area contributed by atoms with Gasteiger partial charge in [0.1, 0.15) is 11.6 Å². The van der Waals surface area contributed by atoms with Crippen molar-refractivity contribution in [1.29, 1.82) is 0 Å². The van der Waals surface area contributed by atoms with E-state index in [1.54, 1.807) is 0 Å². The van der Waals surface area contributed by atoms with E-state index in [0.29, 0.717) is 12.5 Å². The zero-order valence-corrected chi connectivity index (χ0v) is 16.7. The molecular weight excluding hydrogens is 364 g/mol. The Bertz CT molecular complexity index is 929. The quantitative estimate of drug-likeness (QED) is 0.700. The number of hydrogen-bond acceptors (Lipinski definition) is 5. The lowest BCUT2D eigenvalue weighted by atomic mass is 9.95. The Morgan fingerprint density at radius 3 is 2.66 bits per heavy atom. The molecule has 0 spiro atoms. The number of piperidine rings is 1. The summed E-state index contributed by atoms with van der Waals surface area (Å²) in [6, 6.07) is 10.1. The average molecular weight is 390 g/mol. The smallest absolute Gasteiger partial charge is 0.217 e. The Morgan fingerprint density at radius 2 is 1.97 bits per heavy atom. The summed E-state index contributed by atoms with van der Waals surface area (Å²) >= 11 is 0. The maximum Gasteiger partial charge on any atom is 0.217 e. The molecular formula is C22H26N6O. The van der Waals surface area contributed by atoms with Crippen LogP contribution in [0, 0.1) is 0 Å². The number of nitrogens with one attached hydrogen (secondary N) is 1. The van der Waals surface area contributed by atoms with E-state index in [1.165, 1.54) is 6.92 Å². The van der Waals surface area contributed by atoms with Gasteiger partial charge in [-0.1, -0.05) is 12.1 Å². The van der Waals surface area contributed by atoms with E-state index in [9.17, 15) is 4.79 Å². The maximum absolute atomic E-state index is 11.0. The molecule has 0 bridgehead atoms. The molecule has 3 aromatic rings. The summed E-state index contributed by atoms with van der Waals surface area (Å²) in [7, 11) is 0. The first-order valence-corrected chi connectivity index (χ1v) is 10.0. The first kappa shape index (κ1) is 19.1. The van der Waals surface area contributed by atoms with Gasteiger partial charge in [-0.15, -0.1) is 0 Å². The molecule has 1 fully saturated rings. The minimum Gasteiger partial charge on any atom is -0.357 e. The van der Waals surface area contributed by atoms with Gasteiger partial charge >= 0.3 is 0 Å². The van der Waals surface area contributed by atoms with Crippen molar-refractivity contribution < 1.29 is 4.79 Å². The molecule has 4 heterocycles. The normalized spacial score (nSPS) is 14.7. The number of rotatable bonds is 6. The second-order valence-corrected chi connectivity index (χ2v) is 7.43. The lowest BCUT2D eigenvalue weighted by molar-refractivity contribution is -0.119. The maximum atomic E-state index is 11.0.